The number of halogens is 2. The summed E-state index contributed by atoms with van der Waals surface area (Å²) in [6, 6.07) is 11.2. The molecular formula is C17H14ClFN2O2. The zero-order chi connectivity index (χ0) is 16.6. The number of carbonyl (C=O) groups is 1. The van der Waals surface area contributed by atoms with E-state index < -0.39 is 0 Å². The normalized spacial score (nSPS) is 10.8. The molecule has 0 aliphatic carbocycles. The quantitative estimate of drug-likeness (QED) is 0.780. The number of hydrogen-bond donors (Lipinski definition) is 1. The van der Waals surface area contributed by atoms with Gasteiger partial charge in [-0.3, -0.25) is 4.79 Å². The second kappa shape index (κ2) is 5.93. The second-order valence-corrected chi connectivity index (χ2v) is 5.47. The maximum Gasteiger partial charge on any atom is 0.272 e. The summed E-state index contributed by atoms with van der Waals surface area (Å²) in [5.41, 5.74) is 1.55. The van der Waals surface area contributed by atoms with Gasteiger partial charge in [0, 0.05) is 18.1 Å². The minimum atomic E-state index is -0.357. The molecule has 0 atom stereocenters. The van der Waals surface area contributed by atoms with Gasteiger partial charge in [-0.2, -0.15) is 0 Å². The number of aryl methyl sites for hydroxylation is 1. The molecule has 3 aromatic rings. The Morgan fingerprint density at radius 1 is 1.26 bits per heavy atom. The van der Waals surface area contributed by atoms with Crippen LogP contribution in [-0.4, -0.2) is 17.6 Å². The molecule has 0 aliphatic heterocycles. The van der Waals surface area contributed by atoms with E-state index in [0.717, 1.165) is 0 Å². The van der Waals surface area contributed by atoms with Crippen LogP contribution in [0.25, 0.3) is 10.9 Å². The highest BCUT2D eigenvalue weighted by Gasteiger charge is 2.16. The summed E-state index contributed by atoms with van der Waals surface area (Å²) in [7, 11) is 3.24. The standard InChI is InChI=1S/C17H14ClFN2O2/c1-21-14-5-3-4-13(19)11(14)9-15(21)17(22)20-10-6-7-16(23-2)12(18)8-10/h3-9H,1-2H3,(H,20,22). The Hall–Kier alpha value is -2.53. The van der Waals surface area contributed by atoms with Crippen LogP contribution in [0, 0.1) is 5.82 Å². The number of aromatic nitrogens is 1. The molecule has 1 amide bonds. The Morgan fingerprint density at radius 3 is 2.70 bits per heavy atom. The number of methoxy groups -OCH3 is 1. The van der Waals surface area contributed by atoms with Gasteiger partial charge in [-0.25, -0.2) is 4.39 Å². The number of benzene rings is 2. The first-order valence-electron chi connectivity index (χ1n) is 6.90. The molecule has 0 radical (unpaired) electrons. The molecule has 0 fully saturated rings. The number of fused-ring (bicyclic) bond motifs is 1. The molecule has 0 spiro atoms. The van der Waals surface area contributed by atoms with Crippen molar-refractivity contribution in [2.24, 2.45) is 7.05 Å². The first-order valence-corrected chi connectivity index (χ1v) is 7.28. The van der Waals surface area contributed by atoms with Gasteiger partial charge >= 0.3 is 0 Å². The number of nitrogens with one attached hydrogen (secondary N) is 1. The fourth-order valence-corrected chi connectivity index (χ4v) is 2.74. The highest BCUT2D eigenvalue weighted by atomic mass is 35.5. The van der Waals surface area contributed by atoms with Crippen LogP contribution in [-0.2, 0) is 7.05 Å². The smallest absolute Gasteiger partial charge is 0.272 e. The number of rotatable bonds is 3. The van der Waals surface area contributed by atoms with Gasteiger partial charge in [-0.05, 0) is 36.4 Å². The van der Waals surface area contributed by atoms with E-state index in [2.05, 4.69) is 5.32 Å². The topological polar surface area (TPSA) is 43.3 Å². The predicted molar refractivity (Wildman–Crippen MR) is 88.8 cm³/mol. The summed E-state index contributed by atoms with van der Waals surface area (Å²) in [5.74, 6) is -0.176. The SMILES string of the molecule is COc1ccc(NC(=O)c2cc3c(F)cccc3n2C)cc1Cl. The van der Waals surface area contributed by atoms with Crippen molar-refractivity contribution in [1.29, 1.82) is 0 Å². The summed E-state index contributed by atoms with van der Waals surface area (Å²) in [6.45, 7) is 0. The van der Waals surface area contributed by atoms with E-state index in [-0.39, 0.29) is 11.7 Å². The molecule has 0 unspecified atom stereocenters. The van der Waals surface area contributed by atoms with Crippen LogP contribution >= 0.6 is 11.6 Å². The third kappa shape index (κ3) is 2.75. The number of ether oxygens (including phenoxy) is 1. The largest absolute Gasteiger partial charge is 0.495 e. The van der Waals surface area contributed by atoms with Crippen molar-refractivity contribution in [2.45, 2.75) is 0 Å². The van der Waals surface area contributed by atoms with Crippen molar-refractivity contribution >= 4 is 34.1 Å². The number of carbonyl (C=O) groups excluding carboxylic acids is 1. The third-order valence-electron chi connectivity index (χ3n) is 3.68. The second-order valence-electron chi connectivity index (χ2n) is 5.06. The molecule has 3 rings (SSSR count). The zero-order valence-electron chi connectivity index (χ0n) is 12.6. The number of nitrogens with zero attached hydrogens (tertiary/aromatic N) is 1. The van der Waals surface area contributed by atoms with Crippen LogP contribution < -0.4 is 10.1 Å². The van der Waals surface area contributed by atoms with Gasteiger partial charge in [0.15, 0.2) is 0 Å². The maximum absolute atomic E-state index is 13.8. The van der Waals surface area contributed by atoms with Crippen LogP contribution in [0.2, 0.25) is 5.02 Å². The van der Waals surface area contributed by atoms with Crippen LogP contribution in [0.1, 0.15) is 10.5 Å². The molecule has 118 valence electrons. The van der Waals surface area contributed by atoms with E-state index in [9.17, 15) is 9.18 Å². The monoisotopic (exact) mass is 332 g/mol. The van der Waals surface area contributed by atoms with Crippen molar-refractivity contribution in [1.82, 2.24) is 4.57 Å². The van der Waals surface area contributed by atoms with Crippen molar-refractivity contribution in [2.75, 3.05) is 12.4 Å². The first-order chi connectivity index (χ1) is 11.0. The Labute approximate surface area is 137 Å². The molecular weight excluding hydrogens is 319 g/mol. The Morgan fingerprint density at radius 2 is 2.04 bits per heavy atom. The number of amides is 1. The molecule has 1 N–H and O–H groups in total. The maximum atomic E-state index is 13.8. The lowest BCUT2D eigenvalue weighted by atomic mass is 10.2. The summed E-state index contributed by atoms with van der Waals surface area (Å²) in [4.78, 5) is 12.5. The Kier molecular flexibility index (Phi) is 3.96. The van der Waals surface area contributed by atoms with Gasteiger partial charge in [0.25, 0.3) is 5.91 Å². The van der Waals surface area contributed by atoms with Crippen molar-refractivity contribution in [3.63, 3.8) is 0 Å². The van der Waals surface area contributed by atoms with Crippen LogP contribution in [0.15, 0.2) is 42.5 Å². The van der Waals surface area contributed by atoms with E-state index in [4.69, 9.17) is 16.3 Å². The molecule has 0 saturated heterocycles. The number of anilines is 1. The molecule has 1 aromatic heterocycles. The fraction of sp³-hybridized carbons (Fsp3) is 0.118. The van der Waals surface area contributed by atoms with E-state index in [1.54, 1.807) is 41.9 Å². The molecule has 6 heteroatoms. The lowest BCUT2D eigenvalue weighted by molar-refractivity contribution is 0.102. The minimum absolute atomic E-state index is 0.343. The van der Waals surface area contributed by atoms with E-state index in [1.165, 1.54) is 19.2 Å². The molecule has 0 bridgehead atoms. The van der Waals surface area contributed by atoms with Crippen LogP contribution in [0.4, 0.5) is 10.1 Å². The van der Waals surface area contributed by atoms with Crippen LogP contribution in [0.3, 0.4) is 0 Å². The summed E-state index contributed by atoms with van der Waals surface area (Å²) in [5, 5.41) is 3.56. The van der Waals surface area contributed by atoms with Gasteiger partial charge in [-0.1, -0.05) is 17.7 Å². The van der Waals surface area contributed by atoms with Crippen molar-refractivity contribution in [3.05, 3.63) is 59.0 Å². The van der Waals surface area contributed by atoms with E-state index >= 15 is 0 Å². The first kappa shape index (κ1) is 15.4. The highest BCUT2D eigenvalue weighted by molar-refractivity contribution is 6.32. The minimum Gasteiger partial charge on any atom is -0.495 e. The van der Waals surface area contributed by atoms with E-state index in [1.807, 2.05) is 0 Å². The molecule has 1 heterocycles. The average molecular weight is 333 g/mol. The summed E-state index contributed by atoms with van der Waals surface area (Å²) in [6.07, 6.45) is 0. The third-order valence-corrected chi connectivity index (χ3v) is 3.97. The molecule has 23 heavy (non-hydrogen) atoms. The molecule has 2 aromatic carbocycles. The van der Waals surface area contributed by atoms with Crippen LogP contribution in [0.5, 0.6) is 5.75 Å². The molecule has 0 saturated carbocycles. The van der Waals surface area contributed by atoms with Crippen molar-refractivity contribution < 1.29 is 13.9 Å². The van der Waals surface area contributed by atoms with Crippen molar-refractivity contribution in [3.8, 4) is 5.75 Å². The van der Waals surface area contributed by atoms with Gasteiger partial charge < -0.3 is 14.6 Å². The average Bonchev–Trinajstić information content (AvgIpc) is 2.86. The summed E-state index contributed by atoms with van der Waals surface area (Å²) < 4.78 is 20.6. The Balaban J connectivity index is 1.93. The highest BCUT2D eigenvalue weighted by Crippen LogP contribution is 2.28. The molecule has 4 nitrogen and oxygen atoms in total. The van der Waals surface area contributed by atoms with Gasteiger partial charge in [0.05, 0.1) is 17.6 Å². The summed E-state index contributed by atoms with van der Waals surface area (Å²) >= 11 is 6.04. The lowest BCUT2D eigenvalue weighted by Crippen LogP contribution is -2.15. The van der Waals surface area contributed by atoms with E-state index in [0.29, 0.717) is 33.1 Å². The van der Waals surface area contributed by atoms with Gasteiger partial charge in [-0.15, -0.1) is 0 Å². The fourth-order valence-electron chi connectivity index (χ4n) is 2.48. The number of hydrogen-bond acceptors (Lipinski definition) is 2. The zero-order valence-corrected chi connectivity index (χ0v) is 13.3. The predicted octanol–water partition coefficient (Wildman–Crippen LogP) is 4.23. The Bertz CT molecular complexity index is 905. The molecule has 0 aliphatic rings. The van der Waals surface area contributed by atoms with Gasteiger partial charge in [0.2, 0.25) is 0 Å². The van der Waals surface area contributed by atoms with Gasteiger partial charge in [0.1, 0.15) is 17.3 Å². The lowest BCUT2D eigenvalue weighted by Gasteiger charge is -2.08.